The summed E-state index contributed by atoms with van der Waals surface area (Å²) < 4.78 is 10.5. The summed E-state index contributed by atoms with van der Waals surface area (Å²) in [6.07, 6.45) is 3.44. The third-order valence-electron chi connectivity index (χ3n) is 2.98. The van der Waals surface area contributed by atoms with E-state index in [2.05, 4.69) is 0 Å². The molecule has 1 aliphatic carbocycles. The molecule has 0 aromatic heterocycles. The molecule has 1 saturated carbocycles. The molecule has 14 heavy (non-hydrogen) atoms. The van der Waals surface area contributed by atoms with Crippen molar-refractivity contribution in [1.82, 2.24) is 0 Å². The van der Waals surface area contributed by atoms with Crippen LogP contribution in [0.5, 0.6) is 0 Å². The smallest absolute Gasteiger partial charge is 0.309 e. The Morgan fingerprint density at radius 1 is 1.36 bits per heavy atom. The minimum Gasteiger partial charge on any atom is -0.460 e. The molecule has 2 aliphatic rings. The normalized spacial score (nSPS) is 37.4. The fourth-order valence-corrected chi connectivity index (χ4v) is 2.10. The van der Waals surface area contributed by atoms with Crippen LogP contribution in [0.25, 0.3) is 0 Å². The Balaban J connectivity index is 1.77. The van der Waals surface area contributed by atoms with Gasteiger partial charge < -0.3 is 15.2 Å². The Hall–Kier alpha value is -0.610. The minimum atomic E-state index is -0.0755. The van der Waals surface area contributed by atoms with E-state index in [1.54, 1.807) is 0 Å². The second-order valence-corrected chi connectivity index (χ2v) is 4.19. The predicted octanol–water partition coefficient (Wildman–Crippen LogP) is 0.446. The summed E-state index contributed by atoms with van der Waals surface area (Å²) in [5.74, 6) is -0.0425. The third kappa shape index (κ3) is 2.25. The van der Waals surface area contributed by atoms with Crippen LogP contribution in [0.1, 0.15) is 25.7 Å². The quantitative estimate of drug-likeness (QED) is 0.656. The van der Waals surface area contributed by atoms with Gasteiger partial charge in [-0.15, -0.1) is 0 Å². The molecule has 0 bridgehead atoms. The lowest BCUT2D eigenvalue weighted by Crippen LogP contribution is -2.24. The van der Waals surface area contributed by atoms with E-state index < -0.39 is 0 Å². The summed E-state index contributed by atoms with van der Waals surface area (Å²) in [6.45, 7) is 1.27. The maximum atomic E-state index is 11.6. The van der Waals surface area contributed by atoms with Gasteiger partial charge in [0, 0.05) is 12.5 Å². The minimum absolute atomic E-state index is 0.0145. The van der Waals surface area contributed by atoms with Crippen LogP contribution in [0.15, 0.2) is 0 Å². The van der Waals surface area contributed by atoms with Gasteiger partial charge in [0.05, 0.1) is 19.1 Å². The van der Waals surface area contributed by atoms with Crippen LogP contribution in [-0.2, 0) is 14.3 Å². The van der Waals surface area contributed by atoms with Crippen molar-refractivity contribution in [3.63, 3.8) is 0 Å². The number of esters is 1. The van der Waals surface area contributed by atoms with Gasteiger partial charge in [0.1, 0.15) is 6.10 Å². The Labute approximate surface area is 83.7 Å². The molecule has 4 nitrogen and oxygen atoms in total. The molecule has 1 unspecified atom stereocenters. The van der Waals surface area contributed by atoms with E-state index in [9.17, 15) is 4.79 Å². The number of rotatable bonds is 2. The first-order valence-corrected chi connectivity index (χ1v) is 5.29. The van der Waals surface area contributed by atoms with Gasteiger partial charge in [-0.05, 0) is 19.3 Å². The first kappa shape index (κ1) is 9.93. The van der Waals surface area contributed by atoms with Gasteiger partial charge in [-0.1, -0.05) is 0 Å². The molecule has 4 heteroatoms. The topological polar surface area (TPSA) is 61.6 Å². The zero-order chi connectivity index (χ0) is 9.97. The van der Waals surface area contributed by atoms with Gasteiger partial charge in [-0.2, -0.15) is 0 Å². The second-order valence-electron chi connectivity index (χ2n) is 4.19. The number of carbonyl (C=O) groups excluding carboxylic acids is 1. The third-order valence-corrected chi connectivity index (χ3v) is 2.98. The van der Waals surface area contributed by atoms with Gasteiger partial charge in [-0.3, -0.25) is 4.79 Å². The lowest BCUT2D eigenvalue weighted by atomic mass is 10.1. The number of hydrogen-bond acceptors (Lipinski definition) is 4. The molecule has 3 atom stereocenters. The van der Waals surface area contributed by atoms with Gasteiger partial charge in [0.15, 0.2) is 0 Å². The van der Waals surface area contributed by atoms with Crippen molar-refractivity contribution in [2.45, 2.75) is 37.8 Å². The molecular weight excluding hydrogens is 182 g/mol. The number of carbonyl (C=O) groups is 1. The van der Waals surface area contributed by atoms with E-state index in [1.165, 1.54) is 0 Å². The van der Waals surface area contributed by atoms with E-state index in [-0.39, 0.29) is 24.0 Å². The van der Waals surface area contributed by atoms with Crippen LogP contribution in [0, 0.1) is 5.92 Å². The van der Waals surface area contributed by atoms with Crippen molar-refractivity contribution in [3.8, 4) is 0 Å². The van der Waals surface area contributed by atoms with Crippen LogP contribution in [-0.4, -0.2) is 31.3 Å². The van der Waals surface area contributed by atoms with Gasteiger partial charge in [0.25, 0.3) is 0 Å². The Kier molecular flexibility index (Phi) is 3.03. The van der Waals surface area contributed by atoms with Gasteiger partial charge in [0.2, 0.25) is 0 Å². The fraction of sp³-hybridized carbons (Fsp3) is 0.900. The summed E-state index contributed by atoms with van der Waals surface area (Å²) in [4.78, 5) is 11.6. The Bertz CT molecular complexity index is 213. The first-order chi connectivity index (χ1) is 6.75. The highest BCUT2D eigenvalue weighted by Crippen LogP contribution is 2.26. The fourth-order valence-electron chi connectivity index (χ4n) is 2.10. The standard InChI is InChI=1S/C10H17NO3/c11-8-2-1-7(5-8)10(12)14-9-3-4-13-6-9/h7-9H,1-6,11H2/t7-,8+,9?/m1/s1. The van der Waals surface area contributed by atoms with E-state index in [1.807, 2.05) is 0 Å². The van der Waals surface area contributed by atoms with Crippen molar-refractivity contribution in [1.29, 1.82) is 0 Å². The molecule has 2 N–H and O–H groups in total. The maximum absolute atomic E-state index is 11.6. The lowest BCUT2D eigenvalue weighted by molar-refractivity contribution is -0.153. The molecular formula is C10H17NO3. The second kappa shape index (κ2) is 4.28. The van der Waals surface area contributed by atoms with Crippen molar-refractivity contribution >= 4 is 5.97 Å². The summed E-state index contributed by atoms with van der Waals surface area (Å²) in [5, 5.41) is 0. The van der Waals surface area contributed by atoms with Gasteiger partial charge in [-0.25, -0.2) is 0 Å². The zero-order valence-corrected chi connectivity index (χ0v) is 8.28. The number of hydrogen-bond donors (Lipinski definition) is 1. The molecule has 2 rings (SSSR count). The molecule has 1 heterocycles. The van der Waals surface area contributed by atoms with Gasteiger partial charge >= 0.3 is 5.97 Å². The Morgan fingerprint density at radius 3 is 2.79 bits per heavy atom. The van der Waals surface area contributed by atoms with E-state index >= 15 is 0 Å². The Morgan fingerprint density at radius 2 is 2.21 bits per heavy atom. The summed E-state index contributed by atoms with van der Waals surface area (Å²) in [5.41, 5.74) is 5.74. The molecule has 1 aliphatic heterocycles. The van der Waals surface area contributed by atoms with Crippen molar-refractivity contribution in [3.05, 3.63) is 0 Å². The molecule has 0 radical (unpaired) electrons. The van der Waals surface area contributed by atoms with Crippen LogP contribution < -0.4 is 5.73 Å². The van der Waals surface area contributed by atoms with E-state index in [4.69, 9.17) is 15.2 Å². The highest BCUT2D eigenvalue weighted by molar-refractivity contribution is 5.73. The van der Waals surface area contributed by atoms with Crippen LogP contribution >= 0.6 is 0 Å². The van der Waals surface area contributed by atoms with Crippen molar-refractivity contribution < 1.29 is 14.3 Å². The molecule has 0 aromatic rings. The molecule has 0 spiro atoms. The summed E-state index contributed by atoms with van der Waals surface area (Å²) in [7, 11) is 0. The lowest BCUT2D eigenvalue weighted by Gasteiger charge is -2.13. The number of ether oxygens (including phenoxy) is 2. The highest BCUT2D eigenvalue weighted by atomic mass is 16.6. The SMILES string of the molecule is N[C@H]1CC[C@@H](C(=O)OC2CCOC2)C1. The number of nitrogens with two attached hydrogens (primary N) is 1. The van der Waals surface area contributed by atoms with E-state index in [0.29, 0.717) is 13.2 Å². The largest absolute Gasteiger partial charge is 0.460 e. The molecule has 0 amide bonds. The van der Waals surface area contributed by atoms with E-state index in [0.717, 1.165) is 25.7 Å². The van der Waals surface area contributed by atoms with Crippen LogP contribution in [0.3, 0.4) is 0 Å². The average molecular weight is 199 g/mol. The van der Waals surface area contributed by atoms with Crippen molar-refractivity contribution in [2.24, 2.45) is 11.7 Å². The monoisotopic (exact) mass is 199 g/mol. The molecule has 0 aromatic carbocycles. The summed E-state index contributed by atoms with van der Waals surface area (Å²) in [6, 6.07) is 0.187. The maximum Gasteiger partial charge on any atom is 0.309 e. The zero-order valence-electron chi connectivity index (χ0n) is 8.28. The van der Waals surface area contributed by atoms with Crippen molar-refractivity contribution in [2.75, 3.05) is 13.2 Å². The van der Waals surface area contributed by atoms with Crippen LogP contribution in [0.4, 0.5) is 0 Å². The first-order valence-electron chi connectivity index (χ1n) is 5.29. The average Bonchev–Trinajstić information content (AvgIpc) is 2.75. The predicted molar refractivity (Wildman–Crippen MR) is 50.6 cm³/mol. The summed E-state index contributed by atoms with van der Waals surface area (Å²) >= 11 is 0. The molecule has 80 valence electrons. The molecule has 2 fully saturated rings. The molecule has 1 saturated heterocycles. The van der Waals surface area contributed by atoms with Crippen LogP contribution in [0.2, 0.25) is 0 Å². The highest BCUT2D eigenvalue weighted by Gasteiger charge is 2.31.